The summed E-state index contributed by atoms with van der Waals surface area (Å²) in [6.07, 6.45) is 19.1. The van der Waals surface area contributed by atoms with E-state index in [0.717, 1.165) is 18.8 Å². The molecule has 0 aliphatic heterocycles. The molecule has 0 heterocycles. The fraction of sp³-hybridized carbons (Fsp3) is 0.952. The highest BCUT2D eigenvalue weighted by molar-refractivity contribution is 5.75. The first-order chi connectivity index (χ1) is 12.2. The Morgan fingerprint density at radius 3 is 1.80 bits per heavy atom. The number of carbonyl (C=O) groups excluding carboxylic acids is 1. The van der Waals surface area contributed by atoms with Gasteiger partial charge in [0.25, 0.3) is 0 Å². The van der Waals surface area contributed by atoms with Crippen LogP contribution in [0.15, 0.2) is 0 Å². The molecule has 0 aromatic rings. The first-order valence-electron chi connectivity index (χ1n) is 10.9. The molecule has 0 fully saturated rings. The zero-order valence-electron chi connectivity index (χ0n) is 16.9. The Labute approximate surface area is 156 Å². The Hall–Kier alpha value is -0.610. The molecule has 0 saturated heterocycles. The SMILES string of the molecule is CCCC(CCC)CCCCCCCCCCCC(=O)NCCN[O-]. The third kappa shape index (κ3) is 18.0. The van der Waals surface area contributed by atoms with Crippen molar-refractivity contribution < 1.29 is 4.79 Å². The van der Waals surface area contributed by atoms with E-state index in [2.05, 4.69) is 19.2 Å². The molecule has 0 aliphatic carbocycles. The average molecular weight is 356 g/mol. The van der Waals surface area contributed by atoms with Gasteiger partial charge in [-0.1, -0.05) is 97.3 Å². The molecule has 4 heteroatoms. The van der Waals surface area contributed by atoms with Crippen LogP contribution in [0.2, 0.25) is 0 Å². The van der Waals surface area contributed by atoms with Gasteiger partial charge in [-0.2, -0.15) is 0 Å². The summed E-state index contributed by atoms with van der Waals surface area (Å²) in [6.45, 7) is 5.34. The van der Waals surface area contributed by atoms with Gasteiger partial charge in [0.1, 0.15) is 0 Å². The first kappa shape index (κ1) is 24.4. The maximum Gasteiger partial charge on any atom is 0.220 e. The van der Waals surface area contributed by atoms with Gasteiger partial charge in [0, 0.05) is 19.5 Å². The largest absolute Gasteiger partial charge is 0.788 e. The molecule has 4 nitrogen and oxygen atoms in total. The van der Waals surface area contributed by atoms with Gasteiger partial charge in [0.15, 0.2) is 0 Å². The van der Waals surface area contributed by atoms with Gasteiger partial charge in [-0.15, -0.1) is 0 Å². The first-order valence-corrected chi connectivity index (χ1v) is 10.9. The predicted octanol–water partition coefficient (Wildman–Crippen LogP) is 5.70. The smallest absolute Gasteiger partial charge is 0.220 e. The standard InChI is InChI=1S/C21H43N2O2/c1-3-14-20(15-4-2)16-12-10-8-6-5-7-9-11-13-17-21(24)22-18-19-23-25/h20,23H,3-19H2,1-2H3,(H,22,24)/q-1. The van der Waals surface area contributed by atoms with E-state index < -0.39 is 0 Å². The summed E-state index contributed by atoms with van der Waals surface area (Å²) in [4.78, 5) is 11.4. The highest BCUT2D eigenvalue weighted by atomic mass is 16.5. The normalized spacial score (nSPS) is 11.2. The highest BCUT2D eigenvalue weighted by Gasteiger charge is 2.06. The lowest BCUT2D eigenvalue weighted by Crippen LogP contribution is -2.29. The van der Waals surface area contributed by atoms with Crippen molar-refractivity contribution in [3.8, 4) is 0 Å². The fourth-order valence-corrected chi connectivity index (χ4v) is 3.55. The predicted molar refractivity (Wildman–Crippen MR) is 108 cm³/mol. The van der Waals surface area contributed by atoms with Gasteiger partial charge in [-0.05, 0) is 12.3 Å². The lowest BCUT2D eigenvalue weighted by Gasteiger charge is -2.14. The van der Waals surface area contributed by atoms with Crippen LogP contribution in [0.25, 0.3) is 0 Å². The lowest BCUT2D eigenvalue weighted by atomic mass is 9.92. The molecule has 0 aromatic heterocycles. The summed E-state index contributed by atoms with van der Waals surface area (Å²) < 4.78 is 0. The Morgan fingerprint density at radius 2 is 1.28 bits per heavy atom. The summed E-state index contributed by atoms with van der Waals surface area (Å²) in [5, 5.41) is 12.8. The highest BCUT2D eigenvalue weighted by Crippen LogP contribution is 2.21. The van der Waals surface area contributed by atoms with Crippen LogP contribution >= 0.6 is 0 Å². The van der Waals surface area contributed by atoms with Gasteiger partial charge in [-0.3, -0.25) is 4.79 Å². The van der Waals surface area contributed by atoms with E-state index in [1.165, 1.54) is 77.0 Å². The van der Waals surface area contributed by atoms with Crippen molar-refractivity contribution in [1.29, 1.82) is 0 Å². The minimum Gasteiger partial charge on any atom is -0.788 e. The van der Waals surface area contributed by atoms with Crippen LogP contribution in [-0.2, 0) is 4.79 Å². The molecule has 0 unspecified atom stereocenters. The lowest BCUT2D eigenvalue weighted by molar-refractivity contribution is -0.121. The monoisotopic (exact) mass is 355 g/mol. The quantitative estimate of drug-likeness (QED) is 0.231. The third-order valence-corrected chi connectivity index (χ3v) is 4.96. The molecule has 0 spiro atoms. The van der Waals surface area contributed by atoms with Gasteiger partial charge in [0.2, 0.25) is 5.91 Å². The summed E-state index contributed by atoms with van der Waals surface area (Å²) in [5.74, 6) is 1.04. The van der Waals surface area contributed by atoms with Crippen LogP contribution < -0.4 is 10.8 Å². The van der Waals surface area contributed by atoms with Crippen LogP contribution in [-0.4, -0.2) is 19.0 Å². The van der Waals surface area contributed by atoms with Crippen LogP contribution in [0.3, 0.4) is 0 Å². The van der Waals surface area contributed by atoms with E-state index in [1.807, 2.05) is 0 Å². The summed E-state index contributed by atoms with van der Waals surface area (Å²) in [7, 11) is 0. The second-order valence-corrected chi connectivity index (χ2v) is 7.41. The third-order valence-electron chi connectivity index (χ3n) is 4.96. The van der Waals surface area contributed by atoms with Crippen molar-refractivity contribution in [2.45, 2.75) is 110 Å². The fourth-order valence-electron chi connectivity index (χ4n) is 3.55. The molecule has 0 saturated carbocycles. The molecule has 0 rings (SSSR count). The Kier molecular flexibility index (Phi) is 19.2. The molecule has 2 N–H and O–H groups in total. The van der Waals surface area contributed by atoms with Crippen LogP contribution in [0, 0.1) is 11.1 Å². The van der Waals surface area contributed by atoms with E-state index >= 15 is 0 Å². The number of amides is 1. The van der Waals surface area contributed by atoms with E-state index in [1.54, 1.807) is 5.48 Å². The van der Waals surface area contributed by atoms with Crippen molar-refractivity contribution >= 4 is 5.91 Å². The number of hydroxylamine groups is 1. The zero-order chi connectivity index (χ0) is 18.6. The van der Waals surface area contributed by atoms with E-state index in [-0.39, 0.29) is 5.91 Å². The Bertz CT molecular complexity index is 279. The minimum atomic E-state index is 0.0692. The van der Waals surface area contributed by atoms with Crippen molar-refractivity contribution in [3.05, 3.63) is 5.21 Å². The van der Waals surface area contributed by atoms with E-state index in [4.69, 9.17) is 0 Å². The van der Waals surface area contributed by atoms with Gasteiger partial charge >= 0.3 is 0 Å². The molecule has 0 atom stereocenters. The summed E-state index contributed by atoms with van der Waals surface area (Å²) in [6, 6.07) is 0. The number of unbranched alkanes of at least 4 members (excludes halogenated alkanes) is 8. The van der Waals surface area contributed by atoms with Crippen molar-refractivity contribution in [2.75, 3.05) is 13.1 Å². The van der Waals surface area contributed by atoms with Crippen molar-refractivity contribution in [3.63, 3.8) is 0 Å². The average Bonchev–Trinajstić information content (AvgIpc) is 2.60. The van der Waals surface area contributed by atoms with Crippen molar-refractivity contribution in [1.82, 2.24) is 10.8 Å². The minimum absolute atomic E-state index is 0.0692. The number of carbonyl (C=O) groups is 1. The molecular formula is C21H43N2O2-. The molecule has 1 amide bonds. The molecule has 150 valence electrons. The maximum atomic E-state index is 11.4. The molecule has 25 heavy (non-hydrogen) atoms. The molecule has 0 bridgehead atoms. The number of hydrogen-bond donors (Lipinski definition) is 2. The molecular weight excluding hydrogens is 312 g/mol. The van der Waals surface area contributed by atoms with Crippen LogP contribution in [0.4, 0.5) is 0 Å². The van der Waals surface area contributed by atoms with E-state index in [0.29, 0.717) is 19.5 Å². The summed E-state index contributed by atoms with van der Waals surface area (Å²) in [5.41, 5.74) is 1.78. The number of rotatable bonds is 19. The van der Waals surface area contributed by atoms with Gasteiger partial charge in [-0.25, -0.2) is 0 Å². The number of hydrogen-bond acceptors (Lipinski definition) is 3. The van der Waals surface area contributed by atoms with Gasteiger partial charge < -0.3 is 16.0 Å². The second kappa shape index (κ2) is 19.7. The Morgan fingerprint density at radius 1 is 0.760 bits per heavy atom. The van der Waals surface area contributed by atoms with Crippen LogP contribution in [0.1, 0.15) is 110 Å². The molecule has 0 radical (unpaired) electrons. The summed E-state index contributed by atoms with van der Waals surface area (Å²) >= 11 is 0. The second-order valence-electron chi connectivity index (χ2n) is 7.41. The Balaban J connectivity index is 3.26. The van der Waals surface area contributed by atoms with E-state index in [9.17, 15) is 10.0 Å². The van der Waals surface area contributed by atoms with Crippen molar-refractivity contribution in [2.24, 2.45) is 5.92 Å². The topological polar surface area (TPSA) is 64.2 Å². The zero-order valence-corrected chi connectivity index (χ0v) is 16.9. The number of nitrogens with one attached hydrogen (secondary N) is 2. The van der Waals surface area contributed by atoms with Crippen LogP contribution in [0.5, 0.6) is 0 Å². The van der Waals surface area contributed by atoms with Gasteiger partial charge in [0.05, 0.1) is 0 Å². The molecule has 0 aromatic carbocycles. The maximum absolute atomic E-state index is 11.4. The molecule has 0 aliphatic rings.